The summed E-state index contributed by atoms with van der Waals surface area (Å²) >= 11 is 0. The van der Waals surface area contributed by atoms with Gasteiger partial charge in [-0.2, -0.15) is 0 Å². The van der Waals surface area contributed by atoms with Gasteiger partial charge in [0.25, 0.3) is 0 Å². The van der Waals surface area contributed by atoms with Crippen molar-refractivity contribution >= 4 is 5.91 Å². The molecule has 0 radical (unpaired) electrons. The molecule has 0 atom stereocenters. The van der Waals surface area contributed by atoms with Crippen LogP contribution in [0, 0.1) is 11.3 Å². The van der Waals surface area contributed by atoms with Crippen molar-refractivity contribution in [3.05, 3.63) is 0 Å². The Hall–Kier alpha value is -0.610. The maximum Gasteiger partial charge on any atom is 0.225 e. The summed E-state index contributed by atoms with van der Waals surface area (Å²) in [5.41, 5.74) is 5.72. The number of carbonyl (C=O) groups is 1. The highest BCUT2D eigenvalue weighted by Crippen LogP contribution is 2.21. The number of piperidine rings is 1. The molecule has 0 aromatic rings. The fraction of sp³-hybridized carbons (Fsp3) is 0.923. The van der Waals surface area contributed by atoms with Gasteiger partial charge in [-0.25, -0.2) is 0 Å². The van der Waals surface area contributed by atoms with Crippen molar-refractivity contribution in [2.75, 3.05) is 40.3 Å². The van der Waals surface area contributed by atoms with Gasteiger partial charge in [-0.05, 0) is 44.9 Å². The van der Waals surface area contributed by atoms with Crippen LogP contribution in [0.1, 0.15) is 26.7 Å². The summed E-state index contributed by atoms with van der Waals surface area (Å²) in [6.07, 6.45) is 1.98. The van der Waals surface area contributed by atoms with Crippen LogP contribution in [-0.2, 0) is 4.79 Å². The first-order valence-electron chi connectivity index (χ1n) is 6.49. The Morgan fingerprint density at radius 2 is 1.94 bits per heavy atom. The lowest BCUT2D eigenvalue weighted by atomic mass is 9.91. The molecule has 17 heavy (non-hydrogen) atoms. The molecule has 0 aliphatic carbocycles. The molecule has 2 N–H and O–H groups in total. The third-order valence-corrected chi connectivity index (χ3v) is 3.66. The van der Waals surface area contributed by atoms with E-state index in [1.807, 2.05) is 11.9 Å². The van der Waals surface area contributed by atoms with Crippen molar-refractivity contribution in [3.63, 3.8) is 0 Å². The average molecular weight is 241 g/mol. The van der Waals surface area contributed by atoms with E-state index in [2.05, 4.69) is 25.8 Å². The van der Waals surface area contributed by atoms with Gasteiger partial charge in [0, 0.05) is 19.5 Å². The maximum absolute atomic E-state index is 12.3. The highest BCUT2D eigenvalue weighted by atomic mass is 16.2. The Morgan fingerprint density at radius 3 is 2.41 bits per heavy atom. The molecule has 0 aromatic heterocycles. The van der Waals surface area contributed by atoms with Crippen molar-refractivity contribution in [1.29, 1.82) is 0 Å². The molecule has 0 bridgehead atoms. The molecule has 1 heterocycles. The Morgan fingerprint density at radius 1 is 1.41 bits per heavy atom. The minimum atomic E-state index is 0.00979. The summed E-state index contributed by atoms with van der Waals surface area (Å²) in [7, 11) is 4.01. The Kier molecular flexibility index (Phi) is 4.95. The van der Waals surface area contributed by atoms with E-state index in [0.717, 1.165) is 32.5 Å². The molecule has 0 saturated carbocycles. The zero-order valence-electron chi connectivity index (χ0n) is 11.7. The lowest BCUT2D eigenvalue weighted by Crippen LogP contribution is -2.44. The molecule has 1 rings (SSSR count). The maximum atomic E-state index is 12.3. The van der Waals surface area contributed by atoms with Gasteiger partial charge in [0.15, 0.2) is 0 Å². The number of nitrogens with zero attached hydrogens (tertiary/aromatic N) is 2. The molecule has 0 spiro atoms. The third-order valence-electron chi connectivity index (χ3n) is 3.66. The number of nitrogens with two attached hydrogens (primary N) is 1. The van der Waals surface area contributed by atoms with E-state index in [1.165, 1.54) is 0 Å². The molecule has 1 amide bonds. The van der Waals surface area contributed by atoms with Crippen LogP contribution in [0.2, 0.25) is 0 Å². The number of rotatable bonds is 4. The second-order valence-corrected chi connectivity index (χ2v) is 6.14. The first kappa shape index (κ1) is 14.5. The van der Waals surface area contributed by atoms with Crippen molar-refractivity contribution in [2.24, 2.45) is 17.1 Å². The topological polar surface area (TPSA) is 49.6 Å². The highest BCUT2D eigenvalue weighted by Gasteiger charge is 2.28. The third kappa shape index (κ3) is 4.28. The molecule has 1 aliphatic rings. The lowest BCUT2D eigenvalue weighted by Gasteiger charge is -2.34. The molecule has 4 nitrogen and oxygen atoms in total. The van der Waals surface area contributed by atoms with Crippen molar-refractivity contribution in [3.8, 4) is 0 Å². The molecule has 0 aromatic carbocycles. The van der Waals surface area contributed by atoms with E-state index in [1.54, 1.807) is 0 Å². The van der Waals surface area contributed by atoms with E-state index in [4.69, 9.17) is 5.73 Å². The lowest BCUT2D eigenvalue weighted by molar-refractivity contribution is -0.136. The first-order valence-corrected chi connectivity index (χ1v) is 6.49. The van der Waals surface area contributed by atoms with Crippen LogP contribution in [0.5, 0.6) is 0 Å². The van der Waals surface area contributed by atoms with Crippen LogP contribution in [-0.4, -0.2) is 56.0 Å². The van der Waals surface area contributed by atoms with Crippen LogP contribution in [0.4, 0.5) is 0 Å². The van der Waals surface area contributed by atoms with Crippen LogP contribution in [0.25, 0.3) is 0 Å². The van der Waals surface area contributed by atoms with Gasteiger partial charge in [0.1, 0.15) is 0 Å². The summed E-state index contributed by atoms with van der Waals surface area (Å²) in [4.78, 5) is 16.4. The van der Waals surface area contributed by atoms with E-state index in [-0.39, 0.29) is 11.3 Å². The van der Waals surface area contributed by atoms with Gasteiger partial charge in [0.2, 0.25) is 5.91 Å². The summed E-state index contributed by atoms with van der Waals surface area (Å²) in [5, 5.41) is 0. The molecule has 1 saturated heterocycles. The Balaban J connectivity index is 2.46. The van der Waals surface area contributed by atoms with Gasteiger partial charge in [-0.1, -0.05) is 13.8 Å². The van der Waals surface area contributed by atoms with Crippen LogP contribution in [0.3, 0.4) is 0 Å². The van der Waals surface area contributed by atoms with Gasteiger partial charge >= 0.3 is 0 Å². The minimum absolute atomic E-state index is 0.00979. The van der Waals surface area contributed by atoms with E-state index >= 15 is 0 Å². The molecular formula is C13H27N3O. The van der Waals surface area contributed by atoms with Crippen molar-refractivity contribution < 1.29 is 4.79 Å². The first-order chi connectivity index (χ1) is 7.85. The Bertz CT molecular complexity index is 257. The monoisotopic (exact) mass is 241 g/mol. The number of hydrogen-bond acceptors (Lipinski definition) is 3. The number of hydrogen-bond donors (Lipinski definition) is 1. The van der Waals surface area contributed by atoms with Crippen LogP contribution in [0.15, 0.2) is 0 Å². The molecule has 1 fully saturated rings. The quantitative estimate of drug-likeness (QED) is 0.791. The number of carbonyl (C=O) groups excluding carboxylic acids is 1. The summed E-state index contributed by atoms with van der Waals surface area (Å²) < 4.78 is 0. The second-order valence-electron chi connectivity index (χ2n) is 6.14. The summed E-state index contributed by atoms with van der Waals surface area (Å²) in [6.45, 7) is 7.62. The SMILES string of the molecule is CN1CCC(C(=O)N(C)CC(C)(C)CN)CC1. The van der Waals surface area contributed by atoms with Crippen molar-refractivity contribution in [1.82, 2.24) is 9.80 Å². The summed E-state index contributed by atoms with van der Waals surface area (Å²) in [5.74, 6) is 0.504. The largest absolute Gasteiger partial charge is 0.345 e. The van der Waals surface area contributed by atoms with Gasteiger partial charge in [-0.3, -0.25) is 4.79 Å². The van der Waals surface area contributed by atoms with Gasteiger partial charge < -0.3 is 15.5 Å². The van der Waals surface area contributed by atoms with Crippen molar-refractivity contribution in [2.45, 2.75) is 26.7 Å². The molecule has 0 unspecified atom stereocenters. The standard InChI is InChI=1S/C13H27N3O/c1-13(2,9-14)10-16(4)12(17)11-5-7-15(3)8-6-11/h11H,5-10,14H2,1-4H3. The average Bonchev–Trinajstić information content (AvgIpc) is 2.28. The predicted octanol–water partition coefficient (Wildman–Crippen LogP) is 0.772. The molecule has 1 aliphatic heterocycles. The second kappa shape index (κ2) is 5.83. The van der Waals surface area contributed by atoms with Crippen LogP contribution < -0.4 is 5.73 Å². The van der Waals surface area contributed by atoms with E-state index < -0.39 is 0 Å². The minimum Gasteiger partial charge on any atom is -0.345 e. The number of amides is 1. The normalized spacial score (nSPS) is 19.4. The molecule has 4 heteroatoms. The summed E-state index contributed by atoms with van der Waals surface area (Å²) in [6, 6.07) is 0. The van der Waals surface area contributed by atoms with Gasteiger partial charge in [-0.15, -0.1) is 0 Å². The zero-order chi connectivity index (χ0) is 13.1. The molecular weight excluding hydrogens is 214 g/mol. The van der Waals surface area contributed by atoms with E-state index in [0.29, 0.717) is 12.5 Å². The van der Waals surface area contributed by atoms with Gasteiger partial charge in [0.05, 0.1) is 0 Å². The predicted molar refractivity (Wildman–Crippen MR) is 70.7 cm³/mol. The van der Waals surface area contributed by atoms with Crippen LogP contribution >= 0.6 is 0 Å². The highest BCUT2D eigenvalue weighted by molar-refractivity contribution is 5.78. The number of likely N-dealkylation sites (tertiary alicyclic amines) is 1. The fourth-order valence-electron chi connectivity index (χ4n) is 2.35. The Labute approximate surface area is 105 Å². The molecule has 100 valence electrons. The van der Waals surface area contributed by atoms with E-state index in [9.17, 15) is 4.79 Å². The zero-order valence-corrected chi connectivity index (χ0v) is 11.7. The fourth-order valence-corrected chi connectivity index (χ4v) is 2.35. The smallest absolute Gasteiger partial charge is 0.225 e.